The molecule has 9 aromatic carbocycles. The highest BCUT2D eigenvalue weighted by Crippen LogP contribution is 2.44. The van der Waals surface area contributed by atoms with E-state index >= 15 is 0 Å². The van der Waals surface area contributed by atoms with Crippen molar-refractivity contribution in [1.82, 2.24) is 4.57 Å². The average Bonchev–Trinajstić information content (AvgIpc) is 3.96. The first kappa shape index (κ1) is 31.7. The summed E-state index contributed by atoms with van der Waals surface area (Å²) in [5, 5.41) is 6.79. The summed E-state index contributed by atoms with van der Waals surface area (Å²) in [4.78, 5) is 0. The van der Waals surface area contributed by atoms with Gasteiger partial charge in [-0.05, 0) is 99.6 Å². The van der Waals surface area contributed by atoms with Crippen molar-refractivity contribution < 1.29 is 8.83 Å². The zero-order valence-corrected chi connectivity index (χ0v) is 30.8. The van der Waals surface area contributed by atoms with Crippen LogP contribution in [0, 0.1) is 0 Å². The van der Waals surface area contributed by atoms with E-state index in [0.29, 0.717) is 0 Å². The summed E-state index contributed by atoms with van der Waals surface area (Å²) in [5.41, 5.74) is 16.0. The molecule has 57 heavy (non-hydrogen) atoms. The minimum absolute atomic E-state index is 0.858. The third-order valence-corrected chi connectivity index (χ3v) is 11.6. The monoisotopic (exact) mass is 727 g/mol. The first-order valence-electron chi connectivity index (χ1n) is 19.4. The second kappa shape index (κ2) is 12.5. The maximum absolute atomic E-state index is 7.15. The maximum Gasteiger partial charge on any atom is 0.159 e. The van der Waals surface area contributed by atoms with Crippen LogP contribution in [0.5, 0.6) is 0 Å². The molecule has 0 spiro atoms. The van der Waals surface area contributed by atoms with Gasteiger partial charge >= 0.3 is 0 Å². The number of hydrogen-bond acceptors (Lipinski definition) is 2. The van der Waals surface area contributed by atoms with Crippen LogP contribution >= 0.6 is 0 Å². The fourth-order valence-corrected chi connectivity index (χ4v) is 8.87. The molecule has 0 N–H and O–H groups in total. The molecule has 12 aromatic rings. The van der Waals surface area contributed by atoms with Gasteiger partial charge in [0, 0.05) is 37.9 Å². The van der Waals surface area contributed by atoms with Crippen molar-refractivity contribution in [3.05, 3.63) is 200 Å². The average molecular weight is 728 g/mol. The number of benzene rings is 9. The summed E-state index contributed by atoms with van der Waals surface area (Å²) in [6.07, 6.45) is 0. The van der Waals surface area contributed by atoms with E-state index < -0.39 is 0 Å². The van der Waals surface area contributed by atoms with Crippen molar-refractivity contribution in [2.45, 2.75) is 0 Å². The summed E-state index contributed by atoms with van der Waals surface area (Å²) < 4.78 is 15.7. The van der Waals surface area contributed by atoms with Crippen molar-refractivity contribution in [2.75, 3.05) is 0 Å². The molecule has 0 saturated heterocycles. The van der Waals surface area contributed by atoms with Gasteiger partial charge in [0.1, 0.15) is 16.7 Å². The SMILES string of the molecule is c1ccc(-c2ccc3c(c2)c2cc(-c4ccccc4)ccc2n3-c2cccc3c2oc2c(-c4ccccc4)cc(-c4ccc5oc6ccccc6c5c4)cc23)cc1. The zero-order valence-electron chi connectivity index (χ0n) is 30.8. The van der Waals surface area contributed by atoms with Crippen LogP contribution in [0.3, 0.4) is 0 Å². The van der Waals surface area contributed by atoms with Gasteiger partial charge in [0.15, 0.2) is 5.58 Å². The van der Waals surface area contributed by atoms with Crippen LogP contribution in [0.15, 0.2) is 209 Å². The molecule has 3 heterocycles. The van der Waals surface area contributed by atoms with E-state index in [1.54, 1.807) is 0 Å². The standard InChI is InChI=1S/C54H33NO2/c1-4-13-34(14-5-1)37-23-26-48-44(29-37)45-30-38(35-15-6-2-7-16-35)24-27-49(45)55(48)50-21-12-20-42-47-33-40(32-43(53(47)57-54(42)50)36-17-8-3-9-18-36)39-25-28-52-46(31-39)41-19-10-11-22-51(41)56-52/h1-33H. The van der Waals surface area contributed by atoms with Crippen molar-refractivity contribution in [2.24, 2.45) is 0 Å². The van der Waals surface area contributed by atoms with Gasteiger partial charge < -0.3 is 13.4 Å². The van der Waals surface area contributed by atoms with Crippen LogP contribution in [0.25, 0.3) is 116 Å². The molecule has 0 unspecified atom stereocenters. The Kier molecular flexibility index (Phi) is 6.93. The maximum atomic E-state index is 7.15. The molecule has 0 aliphatic carbocycles. The lowest BCUT2D eigenvalue weighted by molar-refractivity contribution is 0.667. The Bertz CT molecular complexity index is 3400. The van der Waals surface area contributed by atoms with Crippen LogP contribution in [0.1, 0.15) is 0 Å². The number of para-hydroxylation sites is 2. The lowest BCUT2D eigenvalue weighted by atomic mass is 9.95. The Morgan fingerprint density at radius 3 is 1.49 bits per heavy atom. The predicted molar refractivity (Wildman–Crippen MR) is 237 cm³/mol. The second-order valence-electron chi connectivity index (χ2n) is 14.9. The summed E-state index contributed by atoms with van der Waals surface area (Å²) in [6.45, 7) is 0. The highest BCUT2D eigenvalue weighted by Gasteiger charge is 2.21. The van der Waals surface area contributed by atoms with Crippen LogP contribution in [-0.2, 0) is 0 Å². The Morgan fingerprint density at radius 1 is 0.281 bits per heavy atom. The van der Waals surface area contributed by atoms with Gasteiger partial charge in [-0.15, -0.1) is 0 Å². The molecular weight excluding hydrogens is 695 g/mol. The van der Waals surface area contributed by atoms with E-state index in [-0.39, 0.29) is 0 Å². The molecule has 0 atom stereocenters. The highest BCUT2D eigenvalue weighted by molar-refractivity contribution is 6.16. The minimum Gasteiger partial charge on any atom is -0.456 e. The normalized spacial score (nSPS) is 11.9. The number of furan rings is 2. The van der Waals surface area contributed by atoms with Gasteiger partial charge in [-0.25, -0.2) is 0 Å². The predicted octanol–water partition coefficient (Wildman–Crippen LogP) is 15.3. The van der Waals surface area contributed by atoms with Crippen LogP contribution in [0.4, 0.5) is 0 Å². The Balaban J connectivity index is 1.12. The molecule has 3 aromatic heterocycles. The number of nitrogens with zero attached hydrogens (tertiary/aromatic N) is 1. The second-order valence-corrected chi connectivity index (χ2v) is 14.9. The van der Waals surface area contributed by atoms with Gasteiger partial charge in [0.05, 0.1) is 16.7 Å². The molecule has 0 aliphatic rings. The first-order valence-corrected chi connectivity index (χ1v) is 19.4. The molecule has 0 saturated carbocycles. The van der Waals surface area contributed by atoms with E-state index in [0.717, 1.165) is 82.9 Å². The molecular formula is C54H33NO2. The molecule has 266 valence electrons. The molecule has 0 amide bonds. The quantitative estimate of drug-likeness (QED) is 0.177. The zero-order chi connectivity index (χ0) is 37.5. The van der Waals surface area contributed by atoms with Gasteiger partial charge in [-0.2, -0.15) is 0 Å². The Hall–Kier alpha value is -7.62. The summed E-state index contributed by atoms with van der Waals surface area (Å²) >= 11 is 0. The molecule has 3 heteroatoms. The minimum atomic E-state index is 0.858. The van der Waals surface area contributed by atoms with Gasteiger partial charge in [0.2, 0.25) is 0 Å². The van der Waals surface area contributed by atoms with E-state index in [2.05, 4.69) is 193 Å². The van der Waals surface area contributed by atoms with Gasteiger partial charge in [-0.1, -0.05) is 140 Å². The topological polar surface area (TPSA) is 31.2 Å². The molecule has 0 fully saturated rings. The third kappa shape index (κ3) is 4.99. The molecule has 0 bridgehead atoms. The summed E-state index contributed by atoms with van der Waals surface area (Å²) in [7, 11) is 0. The fraction of sp³-hybridized carbons (Fsp3) is 0. The van der Waals surface area contributed by atoms with Crippen molar-refractivity contribution in [3.8, 4) is 50.2 Å². The number of rotatable bonds is 5. The van der Waals surface area contributed by atoms with Gasteiger partial charge in [-0.3, -0.25) is 0 Å². The van der Waals surface area contributed by atoms with Crippen molar-refractivity contribution in [3.63, 3.8) is 0 Å². The summed E-state index contributed by atoms with van der Waals surface area (Å²) in [5.74, 6) is 0. The van der Waals surface area contributed by atoms with E-state index in [1.807, 2.05) is 12.1 Å². The Morgan fingerprint density at radius 2 is 0.807 bits per heavy atom. The van der Waals surface area contributed by atoms with E-state index in [9.17, 15) is 0 Å². The van der Waals surface area contributed by atoms with Crippen molar-refractivity contribution in [1.29, 1.82) is 0 Å². The van der Waals surface area contributed by atoms with Crippen LogP contribution in [-0.4, -0.2) is 4.57 Å². The molecule has 3 nitrogen and oxygen atoms in total. The third-order valence-electron chi connectivity index (χ3n) is 11.6. The van der Waals surface area contributed by atoms with Crippen molar-refractivity contribution >= 4 is 65.7 Å². The van der Waals surface area contributed by atoms with Crippen LogP contribution < -0.4 is 0 Å². The number of aromatic nitrogens is 1. The molecule has 12 rings (SSSR count). The highest BCUT2D eigenvalue weighted by atomic mass is 16.3. The lowest BCUT2D eigenvalue weighted by Gasteiger charge is -2.09. The number of hydrogen-bond donors (Lipinski definition) is 0. The fourth-order valence-electron chi connectivity index (χ4n) is 8.87. The lowest BCUT2D eigenvalue weighted by Crippen LogP contribution is -1.94. The van der Waals surface area contributed by atoms with Gasteiger partial charge in [0.25, 0.3) is 0 Å². The van der Waals surface area contributed by atoms with Crippen LogP contribution in [0.2, 0.25) is 0 Å². The first-order chi connectivity index (χ1) is 28.2. The molecule has 0 radical (unpaired) electrons. The largest absolute Gasteiger partial charge is 0.456 e. The summed E-state index contributed by atoms with van der Waals surface area (Å²) in [6, 6.07) is 71.5. The van der Waals surface area contributed by atoms with E-state index in [1.165, 1.54) is 33.0 Å². The number of fused-ring (bicyclic) bond motifs is 9. The Labute approximate surface area is 328 Å². The molecule has 0 aliphatic heterocycles. The van der Waals surface area contributed by atoms with E-state index in [4.69, 9.17) is 8.83 Å². The smallest absolute Gasteiger partial charge is 0.159 e.